The standard InChI is InChI=1S/C15H20N2O4/c1-9(2)15(20)21-10(3)14(19)17-13-7-5-12(6-8-13)16-11(4)18/h5-10H,1-4H3,(H,16,18)(H,17,19)/t10-/m0/s1. The van der Waals surface area contributed by atoms with E-state index in [-0.39, 0.29) is 11.8 Å². The molecule has 0 spiro atoms. The molecule has 6 heteroatoms. The number of amides is 2. The molecular formula is C15H20N2O4. The summed E-state index contributed by atoms with van der Waals surface area (Å²) in [5, 5.41) is 5.26. The first-order valence-electron chi connectivity index (χ1n) is 6.68. The Hall–Kier alpha value is -2.37. The average Bonchev–Trinajstić information content (AvgIpc) is 2.40. The van der Waals surface area contributed by atoms with Crippen LogP contribution in [-0.2, 0) is 19.1 Å². The summed E-state index contributed by atoms with van der Waals surface area (Å²) in [5.74, 6) is -1.27. The van der Waals surface area contributed by atoms with Crippen molar-refractivity contribution >= 4 is 29.2 Å². The maximum atomic E-state index is 11.9. The second-order valence-corrected chi connectivity index (χ2v) is 4.98. The molecule has 114 valence electrons. The van der Waals surface area contributed by atoms with Crippen molar-refractivity contribution in [3.05, 3.63) is 24.3 Å². The van der Waals surface area contributed by atoms with Crippen molar-refractivity contribution in [2.45, 2.75) is 33.8 Å². The highest BCUT2D eigenvalue weighted by molar-refractivity contribution is 5.95. The number of anilines is 2. The van der Waals surface area contributed by atoms with Crippen LogP contribution in [-0.4, -0.2) is 23.9 Å². The zero-order chi connectivity index (χ0) is 16.0. The SMILES string of the molecule is CC(=O)Nc1ccc(NC(=O)[C@H](C)OC(=O)C(C)C)cc1. The molecule has 0 aliphatic rings. The predicted octanol–water partition coefficient (Wildman–Crippen LogP) is 2.17. The van der Waals surface area contributed by atoms with Crippen molar-refractivity contribution in [3.8, 4) is 0 Å². The summed E-state index contributed by atoms with van der Waals surface area (Å²) in [5.41, 5.74) is 1.20. The lowest BCUT2D eigenvalue weighted by molar-refractivity contribution is -0.156. The van der Waals surface area contributed by atoms with Crippen LogP contribution in [0.25, 0.3) is 0 Å². The lowest BCUT2D eigenvalue weighted by atomic mass is 10.2. The molecule has 0 radical (unpaired) electrons. The van der Waals surface area contributed by atoms with Crippen LogP contribution < -0.4 is 10.6 Å². The van der Waals surface area contributed by atoms with E-state index in [1.54, 1.807) is 38.1 Å². The van der Waals surface area contributed by atoms with Gasteiger partial charge in [-0.3, -0.25) is 14.4 Å². The van der Waals surface area contributed by atoms with Crippen molar-refractivity contribution in [1.29, 1.82) is 0 Å². The molecule has 0 heterocycles. The number of hydrogen-bond donors (Lipinski definition) is 2. The molecule has 0 aliphatic carbocycles. The van der Waals surface area contributed by atoms with Gasteiger partial charge >= 0.3 is 5.97 Å². The van der Waals surface area contributed by atoms with Gasteiger partial charge in [0.2, 0.25) is 5.91 Å². The van der Waals surface area contributed by atoms with Gasteiger partial charge in [-0.15, -0.1) is 0 Å². The molecule has 1 aromatic carbocycles. The fraction of sp³-hybridized carbons (Fsp3) is 0.400. The number of esters is 1. The maximum absolute atomic E-state index is 11.9. The number of benzene rings is 1. The van der Waals surface area contributed by atoms with Gasteiger partial charge in [-0.2, -0.15) is 0 Å². The third kappa shape index (κ3) is 5.64. The average molecular weight is 292 g/mol. The molecule has 0 bridgehead atoms. The highest BCUT2D eigenvalue weighted by atomic mass is 16.5. The van der Waals surface area contributed by atoms with Crippen LogP contribution in [0.4, 0.5) is 11.4 Å². The number of nitrogens with one attached hydrogen (secondary N) is 2. The van der Waals surface area contributed by atoms with Gasteiger partial charge in [-0.1, -0.05) is 13.8 Å². The summed E-state index contributed by atoms with van der Waals surface area (Å²) in [6, 6.07) is 6.64. The maximum Gasteiger partial charge on any atom is 0.309 e. The first-order chi connectivity index (χ1) is 9.79. The summed E-state index contributed by atoms with van der Waals surface area (Å²) in [6.45, 7) is 6.34. The van der Waals surface area contributed by atoms with Gasteiger partial charge in [0.25, 0.3) is 5.91 Å². The molecule has 6 nitrogen and oxygen atoms in total. The summed E-state index contributed by atoms with van der Waals surface area (Å²) in [7, 11) is 0. The number of ether oxygens (including phenoxy) is 1. The van der Waals surface area contributed by atoms with Gasteiger partial charge in [-0.25, -0.2) is 0 Å². The summed E-state index contributed by atoms with van der Waals surface area (Å²) >= 11 is 0. The Morgan fingerprint density at radius 1 is 0.952 bits per heavy atom. The fourth-order valence-electron chi connectivity index (χ4n) is 1.45. The predicted molar refractivity (Wildman–Crippen MR) is 79.8 cm³/mol. The second-order valence-electron chi connectivity index (χ2n) is 4.98. The summed E-state index contributed by atoms with van der Waals surface area (Å²) < 4.78 is 5.01. The Bertz CT molecular complexity index is 523. The Morgan fingerprint density at radius 3 is 1.86 bits per heavy atom. The Morgan fingerprint density at radius 2 is 1.43 bits per heavy atom. The molecule has 0 aliphatic heterocycles. The molecular weight excluding hydrogens is 272 g/mol. The molecule has 2 amide bonds. The molecule has 0 saturated carbocycles. The quantitative estimate of drug-likeness (QED) is 0.815. The van der Waals surface area contributed by atoms with Crippen LogP contribution in [0.1, 0.15) is 27.7 Å². The molecule has 2 N–H and O–H groups in total. The van der Waals surface area contributed by atoms with Gasteiger partial charge in [-0.05, 0) is 31.2 Å². The van der Waals surface area contributed by atoms with Gasteiger partial charge in [0, 0.05) is 18.3 Å². The van der Waals surface area contributed by atoms with Crippen LogP contribution in [0, 0.1) is 5.92 Å². The van der Waals surface area contributed by atoms with E-state index in [9.17, 15) is 14.4 Å². The van der Waals surface area contributed by atoms with Crippen LogP contribution in [0.2, 0.25) is 0 Å². The first kappa shape index (κ1) is 16.7. The normalized spacial score (nSPS) is 11.7. The van der Waals surface area contributed by atoms with Crippen molar-refractivity contribution < 1.29 is 19.1 Å². The second kappa shape index (κ2) is 7.42. The molecule has 0 saturated heterocycles. The topological polar surface area (TPSA) is 84.5 Å². The summed E-state index contributed by atoms with van der Waals surface area (Å²) in [4.78, 5) is 34.2. The first-order valence-corrected chi connectivity index (χ1v) is 6.68. The van der Waals surface area contributed by atoms with Crippen molar-refractivity contribution in [2.75, 3.05) is 10.6 Å². The Kier molecular flexibility index (Phi) is 5.90. The zero-order valence-electron chi connectivity index (χ0n) is 12.6. The molecule has 0 unspecified atom stereocenters. The van der Waals surface area contributed by atoms with Gasteiger partial charge < -0.3 is 15.4 Å². The molecule has 1 rings (SSSR count). The van der Waals surface area contributed by atoms with Crippen molar-refractivity contribution in [1.82, 2.24) is 0 Å². The van der Waals surface area contributed by atoms with Gasteiger partial charge in [0.15, 0.2) is 6.10 Å². The van der Waals surface area contributed by atoms with Crippen molar-refractivity contribution in [3.63, 3.8) is 0 Å². The Labute approximate surface area is 123 Å². The number of carbonyl (C=O) groups is 3. The van der Waals surface area contributed by atoms with E-state index in [0.717, 1.165) is 0 Å². The largest absolute Gasteiger partial charge is 0.452 e. The van der Waals surface area contributed by atoms with Gasteiger partial charge in [0.1, 0.15) is 0 Å². The molecule has 0 aromatic heterocycles. The number of carbonyl (C=O) groups excluding carboxylic acids is 3. The minimum absolute atomic E-state index is 0.166. The Balaban J connectivity index is 2.58. The molecule has 1 atom stereocenters. The van der Waals surface area contributed by atoms with E-state index >= 15 is 0 Å². The van der Waals surface area contributed by atoms with E-state index in [1.165, 1.54) is 13.8 Å². The minimum atomic E-state index is -0.866. The lowest BCUT2D eigenvalue weighted by Crippen LogP contribution is -2.31. The van der Waals surface area contributed by atoms with E-state index in [4.69, 9.17) is 4.74 Å². The van der Waals surface area contributed by atoms with Crippen LogP contribution in [0.15, 0.2) is 24.3 Å². The minimum Gasteiger partial charge on any atom is -0.452 e. The number of hydrogen-bond acceptors (Lipinski definition) is 4. The summed E-state index contributed by atoms with van der Waals surface area (Å²) in [6.07, 6.45) is -0.866. The monoisotopic (exact) mass is 292 g/mol. The van der Waals surface area contributed by atoms with E-state index in [1.807, 2.05) is 0 Å². The smallest absolute Gasteiger partial charge is 0.309 e. The van der Waals surface area contributed by atoms with Gasteiger partial charge in [0.05, 0.1) is 5.92 Å². The molecule has 0 fully saturated rings. The van der Waals surface area contributed by atoms with E-state index in [2.05, 4.69) is 10.6 Å². The molecule has 21 heavy (non-hydrogen) atoms. The van der Waals surface area contributed by atoms with E-state index in [0.29, 0.717) is 11.4 Å². The molecule has 1 aromatic rings. The van der Waals surface area contributed by atoms with Crippen LogP contribution in [0.3, 0.4) is 0 Å². The number of rotatable bonds is 5. The highest BCUT2D eigenvalue weighted by Gasteiger charge is 2.19. The third-order valence-corrected chi connectivity index (χ3v) is 2.61. The van der Waals surface area contributed by atoms with E-state index < -0.39 is 18.0 Å². The zero-order valence-corrected chi connectivity index (χ0v) is 12.6. The van der Waals surface area contributed by atoms with Crippen molar-refractivity contribution in [2.24, 2.45) is 5.92 Å². The van der Waals surface area contributed by atoms with Crippen LogP contribution in [0.5, 0.6) is 0 Å². The highest BCUT2D eigenvalue weighted by Crippen LogP contribution is 2.14. The third-order valence-electron chi connectivity index (χ3n) is 2.61. The fourth-order valence-corrected chi connectivity index (χ4v) is 1.45. The van der Waals surface area contributed by atoms with Crippen LogP contribution >= 0.6 is 0 Å². The lowest BCUT2D eigenvalue weighted by Gasteiger charge is -2.15.